The van der Waals surface area contributed by atoms with Crippen LogP contribution in [0.5, 0.6) is 0 Å². The summed E-state index contributed by atoms with van der Waals surface area (Å²) < 4.78 is 0. The van der Waals surface area contributed by atoms with E-state index in [-0.39, 0.29) is 11.8 Å². The van der Waals surface area contributed by atoms with Gasteiger partial charge in [-0.05, 0) is 6.92 Å². The fourth-order valence-electron chi connectivity index (χ4n) is 2.50. The van der Waals surface area contributed by atoms with Crippen LogP contribution in [0.25, 0.3) is 0 Å². The van der Waals surface area contributed by atoms with Gasteiger partial charge < -0.3 is 16.0 Å². The number of piperazine rings is 1. The average Bonchev–Trinajstić information content (AvgIpc) is 2.56. The van der Waals surface area contributed by atoms with E-state index in [0.29, 0.717) is 25.1 Å². The van der Waals surface area contributed by atoms with Crippen molar-refractivity contribution in [2.75, 3.05) is 45.8 Å². The molecule has 6 nitrogen and oxygen atoms in total. The first kappa shape index (κ1) is 17.4. The molecule has 1 aromatic carbocycles. The Balaban J connectivity index is 1.57. The lowest BCUT2D eigenvalue weighted by Crippen LogP contribution is -2.47. The number of carbonyl (C=O) groups is 2. The number of nitrogens with one attached hydrogen (secondary N) is 3. The van der Waals surface area contributed by atoms with Gasteiger partial charge in [-0.25, -0.2) is 4.79 Å². The molecule has 126 valence electrons. The van der Waals surface area contributed by atoms with E-state index in [1.807, 2.05) is 31.2 Å². The Labute approximate surface area is 137 Å². The standard InChI is InChI=1S/C17H26N4O2/c1-14-2-4-15(5-3-14)16(22)6-7-19-17(23)20-10-13-21-11-8-18-9-12-21/h2-5,18H,6-13H2,1H3,(H2,19,20,23). The number of ketones is 1. The van der Waals surface area contributed by atoms with Crippen LogP contribution in [-0.2, 0) is 0 Å². The molecule has 0 atom stereocenters. The van der Waals surface area contributed by atoms with Gasteiger partial charge in [-0.1, -0.05) is 29.8 Å². The van der Waals surface area contributed by atoms with Crippen molar-refractivity contribution in [3.63, 3.8) is 0 Å². The van der Waals surface area contributed by atoms with Crippen LogP contribution in [0, 0.1) is 6.92 Å². The summed E-state index contributed by atoms with van der Waals surface area (Å²) in [6.45, 7) is 7.88. The summed E-state index contributed by atoms with van der Waals surface area (Å²) in [5, 5.41) is 8.85. The molecule has 1 aromatic rings. The van der Waals surface area contributed by atoms with E-state index in [4.69, 9.17) is 0 Å². The minimum Gasteiger partial charge on any atom is -0.338 e. The highest BCUT2D eigenvalue weighted by molar-refractivity contribution is 5.96. The Morgan fingerprint density at radius 3 is 2.43 bits per heavy atom. The Kier molecular flexibility index (Phi) is 7.03. The summed E-state index contributed by atoms with van der Waals surface area (Å²) in [4.78, 5) is 26.0. The number of aryl methyl sites for hydroxylation is 1. The van der Waals surface area contributed by atoms with E-state index in [1.54, 1.807) is 0 Å². The van der Waals surface area contributed by atoms with Gasteiger partial charge in [0.2, 0.25) is 0 Å². The van der Waals surface area contributed by atoms with Gasteiger partial charge in [0.05, 0.1) is 0 Å². The molecule has 0 aliphatic carbocycles. The van der Waals surface area contributed by atoms with E-state index >= 15 is 0 Å². The molecule has 2 amide bonds. The molecule has 1 aliphatic heterocycles. The Morgan fingerprint density at radius 1 is 1.09 bits per heavy atom. The first-order valence-corrected chi connectivity index (χ1v) is 8.20. The maximum atomic E-state index is 12.0. The number of urea groups is 1. The average molecular weight is 318 g/mol. The van der Waals surface area contributed by atoms with E-state index < -0.39 is 0 Å². The number of rotatable bonds is 7. The van der Waals surface area contributed by atoms with E-state index in [2.05, 4.69) is 20.9 Å². The van der Waals surface area contributed by atoms with Crippen LogP contribution >= 0.6 is 0 Å². The van der Waals surface area contributed by atoms with Crippen LogP contribution < -0.4 is 16.0 Å². The fraction of sp³-hybridized carbons (Fsp3) is 0.529. The van der Waals surface area contributed by atoms with E-state index in [9.17, 15) is 9.59 Å². The number of Topliss-reactive ketones (excluding diaryl/α,β-unsaturated/α-hetero) is 1. The van der Waals surface area contributed by atoms with Crippen molar-refractivity contribution in [2.45, 2.75) is 13.3 Å². The van der Waals surface area contributed by atoms with Crippen LogP contribution in [0.4, 0.5) is 4.79 Å². The molecule has 2 rings (SSSR count). The van der Waals surface area contributed by atoms with Crippen LogP contribution in [0.3, 0.4) is 0 Å². The molecule has 0 bridgehead atoms. The zero-order valence-corrected chi connectivity index (χ0v) is 13.7. The second-order valence-electron chi connectivity index (χ2n) is 5.81. The normalized spacial score (nSPS) is 15.2. The van der Waals surface area contributed by atoms with Crippen molar-refractivity contribution in [2.24, 2.45) is 0 Å². The first-order chi connectivity index (χ1) is 11.1. The lowest BCUT2D eigenvalue weighted by Gasteiger charge is -2.27. The van der Waals surface area contributed by atoms with Gasteiger partial charge in [0.25, 0.3) is 0 Å². The van der Waals surface area contributed by atoms with Crippen LogP contribution in [0.15, 0.2) is 24.3 Å². The molecule has 0 radical (unpaired) electrons. The molecule has 0 saturated carbocycles. The van der Waals surface area contributed by atoms with Gasteiger partial charge in [-0.15, -0.1) is 0 Å². The number of nitrogens with zero attached hydrogens (tertiary/aromatic N) is 1. The largest absolute Gasteiger partial charge is 0.338 e. The summed E-state index contributed by atoms with van der Waals surface area (Å²) in [5.41, 5.74) is 1.82. The molecule has 1 aliphatic rings. The Hall–Kier alpha value is -1.92. The number of benzene rings is 1. The summed E-state index contributed by atoms with van der Waals surface area (Å²) in [6, 6.07) is 7.28. The van der Waals surface area contributed by atoms with Crippen LogP contribution in [-0.4, -0.2) is 62.5 Å². The highest BCUT2D eigenvalue weighted by Crippen LogP contribution is 2.05. The lowest BCUT2D eigenvalue weighted by atomic mass is 10.1. The van der Waals surface area contributed by atoms with Crippen molar-refractivity contribution in [1.82, 2.24) is 20.9 Å². The molecule has 0 aromatic heterocycles. The van der Waals surface area contributed by atoms with Gasteiger partial charge >= 0.3 is 6.03 Å². The Morgan fingerprint density at radius 2 is 1.74 bits per heavy atom. The quantitative estimate of drug-likeness (QED) is 0.649. The number of hydrogen-bond acceptors (Lipinski definition) is 4. The minimum absolute atomic E-state index is 0.0473. The summed E-state index contributed by atoms with van der Waals surface area (Å²) in [6.07, 6.45) is 0.314. The maximum Gasteiger partial charge on any atom is 0.314 e. The second kappa shape index (κ2) is 9.27. The number of hydrogen-bond donors (Lipinski definition) is 3. The fourth-order valence-corrected chi connectivity index (χ4v) is 2.50. The summed E-state index contributed by atoms with van der Waals surface area (Å²) in [5.74, 6) is 0.0473. The van der Waals surface area contributed by atoms with E-state index in [1.165, 1.54) is 0 Å². The monoisotopic (exact) mass is 318 g/mol. The molecule has 23 heavy (non-hydrogen) atoms. The second-order valence-corrected chi connectivity index (χ2v) is 5.81. The van der Waals surface area contributed by atoms with Gasteiger partial charge in [0.1, 0.15) is 0 Å². The molecular weight excluding hydrogens is 292 g/mol. The Bertz CT molecular complexity index is 510. The molecule has 0 spiro atoms. The maximum absolute atomic E-state index is 12.0. The molecule has 6 heteroatoms. The van der Waals surface area contributed by atoms with Gasteiger partial charge in [0, 0.05) is 57.8 Å². The van der Waals surface area contributed by atoms with E-state index in [0.717, 1.165) is 38.3 Å². The van der Waals surface area contributed by atoms with Crippen molar-refractivity contribution in [1.29, 1.82) is 0 Å². The molecule has 0 unspecified atom stereocenters. The molecule has 1 fully saturated rings. The predicted octanol–water partition coefficient (Wildman–Crippen LogP) is 0.772. The smallest absolute Gasteiger partial charge is 0.314 e. The highest BCUT2D eigenvalue weighted by atomic mass is 16.2. The van der Waals surface area contributed by atoms with Crippen molar-refractivity contribution in [3.05, 3.63) is 35.4 Å². The third kappa shape index (κ3) is 6.38. The minimum atomic E-state index is -0.211. The molecule has 1 saturated heterocycles. The van der Waals surface area contributed by atoms with Crippen molar-refractivity contribution >= 4 is 11.8 Å². The molecule has 1 heterocycles. The van der Waals surface area contributed by atoms with Crippen molar-refractivity contribution < 1.29 is 9.59 Å². The highest BCUT2D eigenvalue weighted by Gasteiger charge is 2.10. The third-order valence-electron chi connectivity index (χ3n) is 3.93. The molecular formula is C17H26N4O2. The van der Waals surface area contributed by atoms with Gasteiger partial charge in [0.15, 0.2) is 5.78 Å². The zero-order chi connectivity index (χ0) is 16.5. The number of carbonyl (C=O) groups excluding carboxylic acids is 2. The van der Waals surface area contributed by atoms with Crippen LogP contribution in [0.2, 0.25) is 0 Å². The van der Waals surface area contributed by atoms with Gasteiger partial charge in [-0.3, -0.25) is 9.69 Å². The SMILES string of the molecule is Cc1ccc(C(=O)CCNC(=O)NCCN2CCNCC2)cc1. The zero-order valence-electron chi connectivity index (χ0n) is 13.7. The van der Waals surface area contributed by atoms with Crippen LogP contribution in [0.1, 0.15) is 22.3 Å². The number of amides is 2. The van der Waals surface area contributed by atoms with Crippen molar-refractivity contribution in [3.8, 4) is 0 Å². The lowest BCUT2D eigenvalue weighted by molar-refractivity contribution is 0.0983. The topological polar surface area (TPSA) is 73.5 Å². The first-order valence-electron chi connectivity index (χ1n) is 8.20. The third-order valence-corrected chi connectivity index (χ3v) is 3.93. The van der Waals surface area contributed by atoms with Gasteiger partial charge in [-0.2, -0.15) is 0 Å². The predicted molar refractivity (Wildman–Crippen MR) is 90.8 cm³/mol. The summed E-state index contributed by atoms with van der Waals surface area (Å²) >= 11 is 0. The molecule has 3 N–H and O–H groups in total. The summed E-state index contributed by atoms with van der Waals surface area (Å²) in [7, 11) is 0.